The number of rotatable bonds is 3. The van der Waals surface area contributed by atoms with E-state index in [0.29, 0.717) is 16.6 Å². The van der Waals surface area contributed by atoms with Crippen molar-refractivity contribution in [3.8, 4) is 22.8 Å². The largest absolute Gasteiger partial charge is 0.493 e. The molecule has 1 aromatic carbocycles. The zero-order valence-electron chi connectivity index (χ0n) is 9.06. The molecule has 2 N–H and O–H groups in total. The van der Waals surface area contributed by atoms with Crippen LogP contribution in [0.15, 0.2) is 23.6 Å². The summed E-state index contributed by atoms with van der Waals surface area (Å²) in [5.41, 5.74) is 7.30. The molecule has 2 aromatic rings. The van der Waals surface area contributed by atoms with Gasteiger partial charge in [-0.15, -0.1) is 11.3 Å². The maximum Gasteiger partial charge on any atom is 0.180 e. The van der Waals surface area contributed by atoms with E-state index in [4.69, 9.17) is 15.2 Å². The van der Waals surface area contributed by atoms with Crippen LogP contribution in [0.2, 0.25) is 0 Å². The number of aromatic nitrogens is 1. The summed E-state index contributed by atoms with van der Waals surface area (Å²) in [6.07, 6.45) is 0. The average molecular weight is 236 g/mol. The van der Waals surface area contributed by atoms with Gasteiger partial charge in [-0.25, -0.2) is 4.98 Å². The van der Waals surface area contributed by atoms with Gasteiger partial charge >= 0.3 is 0 Å². The lowest BCUT2D eigenvalue weighted by atomic mass is 10.1. The Labute approximate surface area is 97.6 Å². The molecule has 0 aliphatic carbocycles. The molecule has 0 fully saturated rings. The Hall–Kier alpha value is -1.75. The Morgan fingerprint density at radius 2 is 2.06 bits per heavy atom. The maximum atomic E-state index is 5.61. The van der Waals surface area contributed by atoms with Gasteiger partial charge < -0.3 is 15.2 Å². The quantitative estimate of drug-likeness (QED) is 0.889. The van der Waals surface area contributed by atoms with Crippen LogP contribution in [0, 0.1) is 0 Å². The predicted octanol–water partition coefficient (Wildman–Crippen LogP) is 2.41. The van der Waals surface area contributed by atoms with Gasteiger partial charge in [0.05, 0.1) is 19.9 Å². The number of nitrogens with zero attached hydrogens (tertiary/aromatic N) is 1. The highest BCUT2D eigenvalue weighted by Crippen LogP contribution is 2.38. The van der Waals surface area contributed by atoms with E-state index in [0.717, 1.165) is 11.3 Å². The molecule has 0 aliphatic heterocycles. The Kier molecular flexibility index (Phi) is 2.96. The number of thiazole rings is 1. The Morgan fingerprint density at radius 3 is 2.62 bits per heavy atom. The number of anilines is 1. The van der Waals surface area contributed by atoms with Crippen LogP contribution in [0.5, 0.6) is 11.5 Å². The minimum atomic E-state index is 0.542. The number of nitrogens with two attached hydrogens (primary N) is 1. The van der Waals surface area contributed by atoms with Crippen LogP contribution >= 0.6 is 11.3 Å². The Bertz CT molecular complexity index is 496. The first-order valence-electron chi connectivity index (χ1n) is 4.68. The second-order valence-electron chi connectivity index (χ2n) is 3.11. The highest BCUT2D eigenvalue weighted by Gasteiger charge is 2.13. The monoisotopic (exact) mass is 236 g/mol. The summed E-state index contributed by atoms with van der Waals surface area (Å²) in [5.74, 6) is 1.36. The topological polar surface area (TPSA) is 57.4 Å². The fourth-order valence-corrected chi connectivity index (χ4v) is 2.06. The SMILES string of the molecule is COc1cccc(-c2csc(N)n2)c1OC. The van der Waals surface area contributed by atoms with Crippen LogP contribution in [-0.2, 0) is 0 Å². The van der Waals surface area contributed by atoms with Gasteiger partial charge in [0.1, 0.15) is 0 Å². The smallest absolute Gasteiger partial charge is 0.180 e. The summed E-state index contributed by atoms with van der Waals surface area (Å²) in [4.78, 5) is 4.23. The van der Waals surface area contributed by atoms with E-state index in [9.17, 15) is 0 Å². The van der Waals surface area contributed by atoms with E-state index in [1.165, 1.54) is 11.3 Å². The first-order chi connectivity index (χ1) is 7.76. The van der Waals surface area contributed by atoms with Gasteiger partial charge in [0.2, 0.25) is 0 Å². The fourth-order valence-electron chi connectivity index (χ4n) is 1.50. The van der Waals surface area contributed by atoms with Crippen molar-refractivity contribution in [3.63, 3.8) is 0 Å². The molecule has 2 rings (SSSR count). The molecule has 0 atom stereocenters. The van der Waals surface area contributed by atoms with Gasteiger partial charge in [-0.1, -0.05) is 6.07 Å². The van der Waals surface area contributed by atoms with Gasteiger partial charge in [-0.3, -0.25) is 0 Å². The van der Waals surface area contributed by atoms with Crippen molar-refractivity contribution >= 4 is 16.5 Å². The number of para-hydroxylation sites is 1. The molecule has 1 aromatic heterocycles. The van der Waals surface area contributed by atoms with Crippen molar-refractivity contribution in [2.24, 2.45) is 0 Å². The summed E-state index contributed by atoms with van der Waals surface area (Å²) in [5, 5.41) is 2.44. The molecular weight excluding hydrogens is 224 g/mol. The standard InChI is InChI=1S/C11H12N2O2S/c1-14-9-5-3-4-7(10(9)15-2)8-6-16-11(12)13-8/h3-6H,1-2H3,(H2,12,13). The number of ether oxygens (including phenoxy) is 2. The van der Waals surface area contributed by atoms with Gasteiger partial charge in [0.25, 0.3) is 0 Å². The number of hydrogen-bond donors (Lipinski definition) is 1. The summed E-state index contributed by atoms with van der Waals surface area (Å²) >= 11 is 1.40. The molecule has 0 saturated carbocycles. The third-order valence-corrected chi connectivity index (χ3v) is 2.87. The van der Waals surface area contributed by atoms with Gasteiger partial charge in [-0.2, -0.15) is 0 Å². The maximum absolute atomic E-state index is 5.61. The summed E-state index contributed by atoms with van der Waals surface area (Å²) in [7, 11) is 3.22. The lowest BCUT2D eigenvalue weighted by Crippen LogP contribution is -1.93. The van der Waals surface area contributed by atoms with Gasteiger partial charge in [0.15, 0.2) is 16.6 Å². The molecule has 4 nitrogen and oxygen atoms in total. The molecule has 84 valence electrons. The van der Waals surface area contributed by atoms with Gasteiger partial charge in [0, 0.05) is 10.9 Å². The van der Waals surface area contributed by atoms with Crippen LogP contribution in [0.4, 0.5) is 5.13 Å². The molecule has 0 saturated heterocycles. The van der Waals surface area contributed by atoms with Crippen LogP contribution in [-0.4, -0.2) is 19.2 Å². The zero-order chi connectivity index (χ0) is 11.5. The third kappa shape index (κ3) is 1.81. The highest BCUT2D eigenvalue weighted by molar-refractivity contribution is 7.13. The van der Waals surface area contributed by atoms with E-state index in [2.05, 4.69) is 4.98 Å². The third-order valence-electron chi connectivity index (χ3n) is 2.20. The first kappa shape index (κ1) is 10.8. The number of methoxy groups -OCH3 is 2. The minimum absolute atomic E-state index is 0.542. The van der Waals surface area contributed by atoms with E-state index in [-0.39, 0.29) is 0 Å². The molecule has 16 heavy (non-hydrogen) atoms. The van der Waals surface area contributed by atoms with Crippen LogP contribution in [0.25, 0.3) is 11.3 Å². The van der Waals surface area contributed by atoms with E-state index in [1.54, 1.807) is 14.2 Å². The molecule has 1 heterocycles. The minimum Gasteiger partial charge on any atom is -0.493 e. The van der Waals surface area contributed by atoms with Crippen molar-refractivity contribution in [2.75, 3.05) is 20.0 Å². The normalized spacial score (nSPS) is 10.1. The lowest BCUT2D eigenvalue weighted by molar-refractivity contribution is 0.356. The number of benzene rings is 1. The molecule has 0 bridgehead atoms. The van der Waals surface area contributed by atoms with Crippen molar-refractivity contribution in [2.45, 2.75) is 0 Å². The average Bonchev–Trinajstić information content (AvgIpc) is 2.74. The summed E-state index contributed by atoms with van der Waals surface area (Å²) in [6.45, 7) is 0. The molecule has 0 unspecified atom stereocenters. The zero-order valence-corrected chi connectivity index (χ0v) is 9.88. The van der Waals surface area contributed by atoms with Crippen LogP contribution in [0.1, 0.15) is 0 Å². The number of nitrogen functional groups attached to an aromatic ring is 1. The lowest BCUT2D eigenvalue weighted by Gasteiger charge is -2.10. The molecule has 0 aliphatic rings. The molecule has 5 heteroatoms. The van der Waals surface area contributed by atoms with Crippen molar-refractivity contribution in [3.05, 3.63) is 23.6 Å². The second-order valence-corrected chi connectivity index (χ2v) is 4.00. The molecule has 0 spiro atoms. The van der Waals surface area contributed by atoms with Crippen LogP contribution < -0.4 is 15.2 Å². The van der Waals surface area contributed by atoms with Crippen molar-refractivity contribution in [1.82, 2.24) is 4.98 Å². The van der Waals surface area contributed by atoms with Crippen molar-refractivity contribution < 1.29 is 9.47 Å². The van der Waals surface area contributed by atoms with Gasteiger partial charge in [-0.05, 0) is 12.1 Å². The Morgan fingerprint density at radius 1 is 1.25 bits per heavy atom. The summed E-state index contributed by atoms with van der Waals surface area (Å²) < 4.78 is 10.6. The second kappa shape index (κ2) is 4.40. The highest BCUT2D eigenvalue weighted by atomic mass is 32.1. The molecule has 0 amide bonds. The van der Waals surface area contributed by atoms with E-state index < -0.39 is 0 Å². The Balaban J connectivity index is 2.56. The first-order valence-corrected chi connectivity index (χ1v) is 5.56. The predicted molar refractivity (Wildman–Crippen MR) is 65.1 cm³/mol. The van der Waals surface area contributed by atoms with Crippen LogP contribution in [0.3, 0.4) is 0 Å². The fraction of sp³-hybridized carbons (Fsp3) is 0.182. The summed E-state index contributed by atoms with van der Waals surface area (Å²) in [6, 6.07) is 5.67. The number of hydrogen-bond acceptors (Lipinski definition) is 5. The molecular formula is C11H12N2O2S. The van der Waals surface area contributed by atoms with Crippen molar-refractivity contribution in [1.29, 1.82) is 0 Å². The van der Waals surface area contributed by atoms with E-state index >= 15 is 0 Å². The molecule has 0 radical (unpaired) electrons. The van der Waals surface area contributed by atoms with E-state index in [1.807, 2.05) is 23.6 Å².